The largest absolute Gasteiger partial charge is 0.417 e. The first-order valence-electron chi connectivity index (χ1n) is 12.6. The molecule has 0 unspecified atom stereocenters. The lowest BCUT2D eigenvalue weighted by Gasteiger charge is -2.36. The van der Waals surface area contributed by atoms with E-state index in [1.165, 1.54) is 11.8 Å². The summed E-state index contributed by atoms with van der Waals surface area (Å²) < 4.78 is 39.8. The molecule has 0 saturated carbocycles. The molecule has 4 rings (SSSR count). The number of anilines is 2. The van der Waals surface area contributed by atoms with Gasteiger partial charge in [0.25, 0.3) is 0 Å². The second-order valence-electron chi connectivity index (χ2n) is 9.58. The summed E-state index contributed by atoms with van der Waals surface area (Å²) in [6, 6.07) is 13.4. The Balaban J connectivity index is 0.00000400. The minimum absolute atomic E-state index is 0. The molecule has 2 aliphatic heterocycles. The number of piperidine rings is 1. The molecule has 0 aliphatic carbocycles. The number of carbonyl (C=O) groups excluding carboxylic acids is 1. The van der Waals surface area contributed by atoms with Crippen molar-refractivity contribution in [1.29, 1.82) is 5.26 Å². The molecule has 10 heteroatoms. The van der Waals surface area contributed by atoms with Gasteiger partial charge in [-0.2, -0.15) is 18.4 Å². The molecule has 0 atom stereocenters. The molecule has 2 fully saturated rings. The summed E-state index contributed by atoms with van der Waals surface area (Å²) >= 11 is 5.97. The van der Waals surface area contributed by atoms with E-state index in [4.69, 9.17) is 16.9 Å². The van der Waals surface area contributed by atoms with Gasteiger partial charge < -0.3 is 15.1 Å². The molecule has 0 radical (unpaired) electrons. The fourth-order valence-electron chi connectivity index (χ4n) is 4.99. The van der Waals surface area contributed by atoms with Crippen molar-refractivity contribution in [2.75, 3.05) is 55.6 Å². The summed E-state index contributed by atoms with van der Waals surface area (Å²) in [6.07, 6.45) is -1.99. The molecule has 2 aliphatic rings. The smallest absolute Gasteiger partial charge is 0.371 e. The Morgan fingerprint density at radius 3 is 2.18 bits per heavy atom. The van der Waals surface area contributed by atoms with E-state index >= 15 is 0 Å². The van der Waals surface area contributed by atoms with E-state index in [1.54, 1.807) is 12.1 Å². The number of piperazine rings is 1. The highest BCUT2D eigenvalue weighted by Gasteiger charge is 2.34. The molecule has 2 aromatic rings. The van der Waals surface area contributed by atoms with Crippen molar-refractivity contribution in [3.63, 3.8) is 0 Å². The van der Waals surface area contributed by atoms with Gasteiger partial charge >= 0.3 is 6.18 Å². The topological polar surface area (TPSA) is 62.6 Å². The summed E-state index contributed by atoms with van der Waals surface area (Å²) in [6.45, 7) is 5.76. The van der Waals surface area contributed by atoms with Gasteiger partial charge in [-0.15, -0.1) is 0 Å². The van der Waals surface area contributed by atoms with Crippen LogP contribution in [0.2, 0.25) is 5.02 Å². The van der Waals surface area contributed by atoms with E-state index in [-0.39, 0.29) is 24.9 Å². The summed E-state index contributed by atoms with van der Waals surface area (Å²) in [5, 5.41) is 12.8. The molecule has 2 saturated heterocycles. The number of carbonyl (C=O) groups is 1. The third-order valence-corrected chi connectivity index (χ3v) is 7.35. The van der Waals surface area contributed by atoms with Gasteiger partial charge in [-0.25, -0.2) is 0 Å². The Labute approximate surface area is 228 Å². The Hall–Kier alpha value is -2.96. The molecule has 1 amide bonds. The molecule has 38 heavy (non-hydrogen) atoms. The second-order valence-corrected chi connectivity index (χ2v) is 10.0. The van der Waals surface area contributed by atoms with Gasteiger partial charge in [0, 0.05) is 68.1 Å². The van der Waals surface area contributed by atoms with Gasteiger partial charge in [-0.1, -0.05) is 19.0 Å². The van der Waals surface area contributed by atoms with Gasteiger partial charge in [0.2, 0.25) is 5.91 Å². The van der Waals surface area contributed by atoms with Crippen LogP contribution in [0.3, 0.4) is 0 Å². The van der Waals surface area contributed by atoms with Crippen LogP contribution in [-0.4, -0.2) is 62.7 Å². The third-order valence-electron chi connectivity index (χ3n) is 7.10. The highest BCUT2D eigenvalue weighted by molar-refractivity contribution is 6.30. The highest BCUT2D eigenvalue weighted by Crippen LogP contribution is 2.35. The first-order chi connectivity index (χ1) is 17.7. The maximum Gasteiger partial charge on any atom is 0.417 e. The molecule has 0 spiro atoms. The zero-order valence-corrected chi connectivity index (χ0v) is 21.4. The predicted molar refractivity (Wildman–Crippen MR) is 146 cm³/mol. The van der Waals surface area contributed by atoms with Crippen LogP contribution in [0.15, 0.2) is 42.5 Å². The summed E-state index contributed by atoms with van der Waals surface area (Å²) in [5.74, 6) is 0.0241. The fourth-order valence-corrected chi connectivity index (χ4v) is 5.11. The molecule has 1 N–H and O–H groups in total. The average Bonchev–Trinajstić information content (AvgIpc) is 2.89. The average molecular weight is 550 g/mol. The van der Waals surface area contributed by atoms with Crippen molar-refractivity contribution in [3.8, 4) is 6.07 Å². The van der Waals surface area contributed by atoms with Gasteiger partial charge in [0.15, 0.2) is 0 Å². The molecule has 2 aromatic carbocycles. The molecule has 0 aromatic heterocycles. The minimum atomic E-state index is -4.57. The van der Waals surface area contributed by atoms with E-state index < -0.39 is 11.7 Å². The number of nitrogens with one attached hydrogen (secondary N) is 1. The summed E-state index contributed by atoms with van der Waals surface area (Å²) in [4.78, 5) is 19.1. The number of benzene rings is 2. The lowest BCUT2D eigenvalue weighted by atomic mass is 10.0. The SMILES string of the molecule is C.N#Cc1ccc(N2CCC(NC(=O)CCCN3CCN(c4ccc(Cl)cc4)CC3)CC2)cc1C(F)(F)F. The Morgan fingerprint density at radius 1 is 0.974 bits per heavy atom. The van der Waals surface area contributed by atoms with Crippen LogP contribution in [0.4, 0.5) is 24.5 Å². The van der Waals surface area contributed by atoms with Crippen LogP contribution in [0.5, 0.6) is 0 Å². The third kappa shape index (κ3) is 7.78. The normalized spacial score (nSPS) is 17.0. The van der Waals surface area contributed by atoms with Crippen LogP contribution >= 0.6 is 11.6 Å². The maximum atomic E-state index is 13.3. The van der Waals surface area contributed by atoms with Crippen molar-refractivity contribution in [2.45, 2.75) is 45.3 Å². The number of halogens is 4. The number of hydrogen-bond donors (Lipinski definition) is 1. The predicted octanol–water partition coefficient (Wildman–Crippen LogP) is 5.55. The lowest BCUT2D eigenvalue weighted by molar-refractivity contribution is -0.137. The highest BCUT2D eigenvalue weighted by atomic mass is 35.5. The first-order valence-corrected chi connectivity index (χ1v) is 13.0. The number of hydrogen-bond acceptors (Lipinski definition) is 5. The van der Waals surface area contributed by atoms with Gasteiger partial charge in [-0.3, -0.25) is 9.69 Å². The van der Waals surface area contributed by atoms with Crippen LogP contribution in [0, 0.1) is 11.3 Å². The van der Waals surface area contributed by atoms with Crippen LogP contribution in [0.25, 0.3) is 0 Å². The standard InChI is InChI=1S/C27H31ClF3N5O.CH4/c28-21-4-7-23(8-5-21)36-16-14-34(15-17-36)11-1-2-26(37)33-22-9-12-35(13-10-22)24-6-3-20(19-32)25(18-24)27(29,30)31;/h3-8,18,22H,1-2,9-17H2,(H,33,37);1H4. The van der Waals surface area contributed by atoms with E-state index in [0.29, 0.717) is 38.0 Å². The molecular weight excluding hydrogens is 515 g/mol. The summed E-state index contributed by atoms with van der Waals surface area (Å²) in [7, 11) is 0. The molecular formula is C28H35ClF3N5O. The summed E-state index contributed by atoms with van der Waals surface area (Å²) in [5.41, 5.74) is 0.345. The van der Waals surface area contributed by atoms with Crippen LogP contribution in [-0.2, 0) is 11.0 Å². The van der Waals surface area contributed by atoms with Gasteiger partial charge in [0.1, 0.15) is 0 Å². The van der Waals surface area contributed by atoms with Crippen molar-refractivity contribution >= 4 is 28.9 Å². The maximum absolute atomic E-state index is 13.3. The minimum Gasteiger partial charge on any atom is -0.371 e. The lowest BCUT2D eigenvalue weighted by Crippen LogP contribution is -2.47. The number of alkyl halides is 3. The zero-order valence-electron chi connectivity index (χ0n) is 20.6. The fraction of sp³-hybridized carbons (Fsp3) is 0.500. The van der Waals surface area contributed by atoms with Crippen molar-refractivity contribution in [2.24, 2.45) is 0 Å². The first kappa shape index (κ1) is 29.6. The van der Waals surface area contributed by atoms with E-state index in [9.17, 15) is 18.0 Å². The Bertz CT molecular complexity index is 1100. The number of nitrogens with zero attached hydrogens (tertiary/aromatic N) is 4. The molecule has 206 valence electrons. The second kappa shape index (κ2) is 13.2. The monoisotopic (exact) mass is 549 g/mol. The van der Waals surface area contributed by atoms with Crippen molar-refractivity contribution < 1.29 is 18.0 Å². The molecule has 2 heterocycles. The quantitative estimate of drug-likeness (QED) is 0.490. The van der Waals surface area contributed by atoms with Crippen molar-refractivity contribution in [1.82, 2.24) is 10.2 Å². The van der Waals surface area contributed by atoms with E-state index in [2.05, 4.69) is 15.1 Å². The Kier molecular flexibility index (Phi) is 10.3. The zero-order chi connectivity index (χ0) is 26.4. The van der Waals surface area contributed by atoms with Crippen LogP contribution < -0.4 is 15.1 Å². The number of nitriles is 1. The van der Waals surface area contributed by atoms with E-state index in [0.717, 1.165) is 50.2 Å². The number of rotatable bonds is 7. The van der Waals surface area contributed by atoms with Crippen molar-refractivity contribution in [3.05, 3.63) is 58.6 Å². The van der Waals surface area contributed by atoms with Gasteiger partial charge in [-0.05, 0) is 68.3 Å². The van der Waals surface area contributed by atoms with Crippen LogP contribution in [0.1, 0.15) is 44.2 Å². The number of amides is 1. The molecule has 6 nitrogen and oxygen atoms in total. The van der Waals surface area contributed by atoms with Gasteiger partial charge in [0.05, 0.1) is 17.2 Å². The van der Waals surface area contributed by atoms with E-state index in [1.807, 2.05) is 29.2 Å². The molecule has 0 bridgehead atoms. The Morgan fingerprint density at radius 2 is 1.58 bits per heavy atom.